The van der Waals surface area contributed by atoms with Crippen molar-refractivity contribution < 1.29 is 14.3 Å². The maximum atomic E-state index is 13.3. The van der Waals surface area contributed by atoms with Crippen LogP contribution in [0.5, 0.6) is 0 Å². The molecule has 1 aromatic rings. The summed E-state index contributed by atoms with van der Waals surface area (Å²) in [6.07, 6.45) is 0.490. The minimum atomic E-state index is -0.813. The summed E-state index contributed by atoms with van der Waals surface area (Å²) < 4.78 is 13.6. The van der Waals surface area contributed by atoms with Gasteiger partial charge in [-0.2, -0.15) is 0 Å². The molecule has 92 valence electrons. The third kappa shape index (κ3) is 2.61. The van der Waals surface area contributed by atoms with Crippen molar-refractivity contribution in [1.29, 1.82) is 0 Å². The second kappa shape index (κ2) is 4.92. The fourth-order valence-corrected chi connectivity index (χ4v) is 2.77. The van der Waals surface area contributed by atoms with Crippen LogP contribution in [0, 0.1) is 11.7 Å². The van der Waals surface area contributed by atoms with Crippen LogP contribution in [0.3, 0.4) is 0 Å². The molecule has 1 aliphatic rings. The van der Waals surface area contributed by atoms with Gasteiger partial charge < -0.3 is 10.4 Å². The fraction of sp³-hybridized carbons (Fsp3) is 0.364. The lowest BCUT2D eigenvalue weighted by Crippen LogP contribution is -2.17. The van der Waals surface area contributed by atoms with Crippen molar-refractivity contribution in [2.24, 2.45) is 5.92 Å². The summed E-state index contributed by atoms with van der Waals surface area (Å²) in [7, 11) is 0. The molecule has 1 fully saturated rings. The number of halogens is 3. The first-order valence-electron chi connectivity index (χ1n) is 5.09. The first-order valence-corrected chi connectivity index (χ1v) is 6.26. The number of aliphatic carboxylic acids is 1. The van der Waals surface area contributed by atoms with Gasteiger partial charge in [-0.05, 0) is 40.0 Å². The van der Waals surface area contributed by atoms with Crippen LogP contribution in [-0.4, -0.2) is 17.6 Å². The van der Waals surface area contributed by atoms with Crippen LogP contribution in [0.1, 0.15) is 18.0 Å². The molecule has 1 heterocycles. The quantitative estimate of drug-likeness (QED) is 0.823. The zero-order chi connectivity index (χ0) is 12.6. The van der Waals surface area contributed by atoms with E-state index in [1.54, 1.807) is 6.07 Å². The molecular weight excluding hydrogens is 312 g/mol. The number of hydrogen-bond donors (Lipinski definition) is 2. The zero-order valence-electron chi connectivity index (χ0n) is 8.71. The van der Waals surface area contributed by atoms with Crippen LogP contribution in [0.4, 0.5) is 4.39 Å². The van der Waals surface area contributed by atoms with E-state index in [9.17, 15) is 9.18 Å². The Hall–Kier alpha value is -0.650. The SMILES string of the molecule is O=C(O)C1CNC(c2cc(Cl)c(F)c(Br)c2)C1. The maximum Gasteiger partial charge on any atom is 0.307 e. The molecule has 0 aromatic heterocycles. The van der Waals surface area contributed by atoms with Gasteiger partial charge in [-0.1, -0.05) is 11.6 Å². The molecular formula is C11H10BrClFNO2. The van der Waals surface area contributed by atoms with E-state index in [-0.39, 0.29) is 11.1 Å². The van der Waals surface area contributed by atoms with Crippen molar-refractivity contribution in [2.75, 3.05) is 6.54 Å². The Morgan fingerprint density at radius 3 is 2.82 bits per heavy atom. The van der Waals surface area contributed by atoms with E-state index in [0.29, 0.717) is 17.4 Å². The van der Waals surface area contributed by atoms with Crippen molar-refractivity contribution in [2.45, 2.75) is 12.5 Å². The molecule has 0 aliphatic carbocycles. The van der Waals surface area contributed by atoms with Crippen LogP contribution in [0.25, 0.3) is 0 Å². The van der Waals surface area contributed by atoms with E-state index in [0.717, 1.165) is 5.56 Å². The lowest BCUT2D eigenvalue weighted by Gasteiger charge is -2.12. The Balaban J connectivity index is 2.22. The minimum Gasteiger partial charge on any atom is -0.481 e. The largest absolute Gasteiger partial charge is 0.481 e. The third-order valence-electron chi connectivity index (χ3n) is 2.89. The highest BCUT2D eigenvalue weighted by atomic mass is 79.9. The first kappa shape index (κ1) is 12.8. The summed E-state index contributed by atoms with van der Waals surface area (Å²) in [6, 6.07) is 3.07. The van der Waals surface area contributed by atoms with Gasteiger partial charge in [-0.25, -0.2) is 4.39 Å². The molecule has 0 amide bonds. The molecule has 0 saturated carbocycles. The smallest absolute Gasteiger partial charge is 0.307 e. The second-order valence-corrected chi connectivity index (χ2v) is 5.29. The van der Waals surface area contributed by atoms with E-state index in [1.165, 1.54) is 6.07 Å². The lowest BCUT2D eigenvalue weighted by molar-refractivity contribution is -0.141. The van der Waals surface area contributed by atoms with Gasteiger partial charge in [0.1, 0.15) is 0 Å². The molecule has 6 heteroatoms. The first-order chi connectivity index (χ1) is 7.99. The monoisotopic (exact) mass is 321 g/mol. The van der Waals surface area contributed by atoms with E-state index < -0.39 is 17.7 Å². The van der Waals surface area contributed by atoms with E-state index in [1.807, 2.05) is 0 Å². The van der Waals surface area contributed by atoms with Crippen molar-refractivity contribution >= 4 is 33.5 Å². The highest BCUT2D eigenvalue weighted by molar-refractivity contribution is 9.10. The standard InChI is InChI=1S/C11H10BrClFNO2/c12-7-1-5(2-8(13)10(7)14)9-3-6(4-15-9)11(16)17/h1-2,6,9,15H,3-4H2,(H,16,17). The van der Waals surface area contributed by atoms with Crippen LogP contribution in [-0.2, 0) is 4.79 Å². The zero-order valence-corrected chi connectivity index (χ0v) is 11.1. The fourth-order valence-electron chi connectivity index (χ4n) is 1.95. The third-order valence-corrected chi connectivity index (χ3v) is 3.74. The van der Waals surface area contributed by atoms with Crippen molar-refractivity contribution in [3.8, 4) is 0 Å². The average molecular weight is 323 g/mol. The Morgan fingerprint density at radius 2 is 2.29 bits per heavy atom. The summed E-state index contributed by atoms with van der Waals surface area (Å²) >= 11 is 8.83. The predicted octanol–water partition coefficient (Wildman–Crippen LogP) is 2.98. The van der Waals surface area contributed by atoms with Crippen LogP contribution in [0.15, 0.2) is 16.6 Å². The molecule has 2 atom stereocenters. The van der Waals surface area contributed by atoms with Gasteiger partial charge in [0, 0.05) is 12.6 Å². The molecule has 1 aliphatic heterocycles. The van der Waals surface area contributed by atoms with Gasteiger partial charge >= 0.3 is 5.97 Å². The van der Waals surface area contributed by atoms with Gasteiger partial charge in [0.2, 0.25) is 0 Å². The summed E-state index contributed by atoms with van der Waals surface area (Å²) in [5, 5.41) is 12.0. The number of carboxylic acids is 1. The molecule has 2 unspecified atom stereocenters. The van der Waals surface area contributed by atoms with Crippen molar-refractivity contribution in [3.05, 3.63) is 33.0 Å². The van der Waals surface area contributed by atoms with Crippen LogP contribution >= 0.6 is 27.5 Å². The van der Waals surface area contributed by atoms with Crippen LogP contribution < -0.4 is 5.32 Å². The number of hydrogen-bond acceptors (Lipinski definition) is 2. The highest BCUT2D eigenvalue weighted by Crippen LogP contribution is 2.33. The van der Waals surface area contributed by atoms with Crippen LogP contribution in [0.2, 0.25) is 5.02 Å². The average Bonchev–Trinajstić information content (AvgIpc) is 2.74. The molecule has 2 N–H and O–H groups in total. The number of rotatable bonds is 2. The second-order valence-electron chi connectivity index (χ2n) is 4.03. The van der Waals surface area contributed by atoms with Gasteiger partial charge in [-0.15, -0.1) is 0 Å². The molecule has 0 bridgehead atoms. The van der Waals surface area contributed by atoms with E-state index in [4.69, 9.17) is 16.7 Å². The normalized spacial score (nSPS) is 23.9. The summed E-state index contributed by atoms with van der Waals surface area (Å²) in [6.45, 7) is 0.423. The predicted molar refractivity (Wildman–Crippen MR) is 65.6 cm³/mol. The molecule has 2 rings (SSSR count). The lowest BCUT2D eigenvalue weighted by atomic mass is 10.0. The minimum absolute atomic E-state index is 0.0370. The van der Waals surface area contributed by atoms with E-state index in [2.05, 4.69) is 21.2 Å². The number of carboxylic acid groups (broad SMARTS) is 1. The van der Waals surface area contributed by atoms with E-state index >= 15 is 0 Å². The number of carbonyl (C=O) groups is 1. The summed E-state index contributed by atoms with van der Waals surface area (Å²) in [5.41, 5.74) is 0.798. The molecule has 1 saturated heterocycles. The maximum absolute atomic E-state index is 13.3. The molecule has 17 heavy (non-hydrogen) atoms. The Labute approximate surface area is 111 Å². The van der Waals surface area contributed by atoms with Gasteiger partial charge in [0.15, 0.2) is 5.82 Å². The van der Waals surface area contributed by atoms with Gasteiger partial charge in [0.05, 0.1) is 15.4 Å². The summed E-state index contributed by atoms with van der Waals surface area (Å²) in [4.78, 5) is 10.8. The molecule has 0 spiro atoms. The molecule has 0 radical (unpaired) electrons. The van der Waals surface area contributed by atoms with Gasteiger partial charge in [0.25, 0.3) is 0 Å². The van der Waals surface area contributed by atoms with Crippen molar-refractivity contribution in [1.82, 2.24) is 5.32 Å². The Morgan fingerprint density at radius 1 is 1.59 bits per heavy atom. The molecule has 3 nitrogen and oxygen atoms in total. The summed E-state index contributed by atoms with van der Waals surface area (Å²) in [5.74, 6) is -1.71. The van der Waals surface area contributed by atoms with Crippen molar-refractivity contribution in [3.63, 3.8) is 0 Å². The Bertz CT molecular complexity index is 446. The topological polar surface area (TPSA) is 49.3 Å². The highest BCUT2D eigenvalue weighted by Gasteiger charge is 2.30. The number of nitrogens with one attached hydrogen (secondary N) is 1. The Kier molecular flexibility index (Phi) is 3.70. The van der Waals surface area contributed by atoms with Gasteiger partial charge in [-0.3, -0.25) is 4.79 Å². The molecule has 1 aromatic carbocycles. The number of benzene rings is 1.